The van der Waals surface area contributed by atoms with Gasteiger partial charge in [-0.3, -0.25) is 4.79 Å². The molecule has 0 aromatic carbocycles. The fraction of sp³-hybridized carbons (Fsp3) is 0.538. The van der Waals surface area contributed by atoms with Crippen molar-refractivity contribution in [2.45, 2.75) is 26.1 Å². The maximum atomic E-state index is 11.0. The number of hydrogen-bond acceptors (Lipinski definition) is 5. The molecule has 1 saturated heterocycles. The molecular formula is C13H19N3O3. The first-order valence-corrected chi connectivity index (χ1v) is 6.30. The number of carbonyl (C=O) groups excluding carboxylic acids is 1. The van der Waals surface area contributed by atoms with Crippen LogP contribution in [0.5, 0.6) is 0 Å². The lowest BCUT2D eigenvalue weighted by molar-refractivity contribution is -0.119. The first kappa shape index (κ1) is 13.8. The summed E-state index contributed by atoms with van der Waals surface area (Å²) in [6.07, 6.45) is -0.400. The van der Waals surface area contributed by atoms with E-state index in [-0.39, 0.29) is 18.9 Å². The minimum atomic E-state index is -0.577. The normalized spacial score (nSPS) is 22.8. The van der Waals surface area contributed by atoms with Crippen molar-refractivity contribution in [2.24, 2.45) is 11.7 Å². The van der Waals surface area contributed by atoms with Crippen molar-refractivity contribution in [3.05, 3.63) is 23.4 Å². The van der Waals surface area contributed by atoms with Crippen molar-refractivity contribution < 1.29 is 15.0 Å². The zero-order valence-corrected chi connectivity index (χ0v) is 10.9. The van der Waals surface area contributed by atoms with Gasteiger partial charge < -0.3 is 20.8 Å². The molecule has 0 saturated carbocycles. The fourth-order valence-electron chi connectivity index (χ4n) is 2.45. The van der Waals surface area contributed by atoms with Gasteiger partial charge in [0, 0.05) is 25.4 Å². The van der Waals surface area contributed by atoms with Gasteiger partial charge in [-0.15, -0.1) is 0 Å². The average molecular weight is 265 g/mol. The Kier molecular flexibility index (Phi) is 4.01. The van der Waals surface area contributed by atoms with Gasteiger partial charge in [-0.2, -0.15) is 0 Å². The van der Waals surface area contributed by atoms with E-state index < -0.39 is 12.0 Å². The molecule has 6 nitrogen and oxygen atoms in total. The van der Waals surface area contributed by atoms with Crippen molar-refractivity contribution >= 4 is 11.7 Å². The minimum Gasteiger partial charge on any atom is -0.391 e. The molecule has 1 fully saturated rings. The largest absolute Gasteiger partial charge is 0.391 e. The highest BCUT2D eigenvalue weighted by Crippen LogP contribution is 2.27. The van der Waals surface area contributed by atoms with Gasteiger partial charge in [-0.25, -0.2) is 4.98 Å². The number of primary amides is 1. The Morgan fingerprint density at radius 3 is 2.89 bits per heavy atom. The number of nitrogens with two attached hydrogens (primary N) is 1. The summed E-state index contributed by atoms with van der Waals surface area (Å²) in [7, 11) is 0. The highest BCUT2D eigenvalue weighted by molar-refractivity contribution is 5.74. The molecule has 2 atom stereocenters. The van der Waals surface area contributed by atoms with E-state index in [0.29, 0.717) is 18.8 Å². The number of β-amino-alcohol motifs (C(OH)–C–C–N with tert-alkyl or cyclic N) is 1. The van der Waals surface area contributed by atoms with Crippen LogP contribution in [0.3, 0.4) is 0 Å². The van der Waals surface area contributed by atoms with Gasteiger partial charge in [0.05, 0.1) is 18.4 Å². The maximum Gasteiger partial charge on any atom is 0.217 e. The third kappa shape index (κ3) is 3.02. The summed E-state index contributed by atoms with van der Waals surface area (Å²) in [6.45, 7) is 2.79. The highest BCUT2D eigenvalue weighted by atomic mass is 16.3. The Morgan fingerprint density at radius 2 is 2.26 bits per heavy atom. The van der Waals surface area contributed by atoms with Crippen LogP contribution in [0.15, 0.2) is 12.1 Å². The SMILES string of the molecule is Cc1ccc(CO)nc1N1C[C@@H](CC(N)=O)[C@H](O)C1. The van der Waals surface area contributed by atoms with Crippen LogP contribution >= 0.6 is 0 Å². The Hall–Kier alpha value is -1.66. The number of nitrogens with zero attached hydrogens (tertiary/aromatic N) is 2. The predicted octanol–water partition coefficient (Wildman–Crippen LogP) is -0.445. The van der Waals surface area contributed by atoms with Crippen LogP contribution in [0.2, 0.25) is 0 Å². The van der Waals surface area contributed by atoms with Crippen molar-refractivity contribution in [1.29, 1.82) is 0 Å². The maximum absolute atomic E-state index is 11.0. The van der Waals surface area contributed by atoms with E-state index in [9.17, 15) is 9.90 Å². The molecule has 0 spiro atoms. The number of amides is 1. The van der Waals surface area contributed by atoms with Gasteiger partial charge in [0.15, 0.2) is 0 Å². The van der Waals surface area contributed by atoms with Gasteiger partial charge >= 0.3 is 0 Å². The molecule has 6 heteroatoms. The molecular weight excluding hydrogens is 246 g/mol. The van der Waals surface area contributed by atoms with Gasteiger partial charge in [-0.1, -0.05) is 6.07 Å². The first-order valence-electron chi connectivity index (χ1n) is 6.30. The Balaban J connectivity index is 2.17. The number of pyridine rings is 1. The van der Waals surface area contributed by atoms with E-state index in [1.54, 1.807) is 6.07 Å². The lowest BCUT2D eigenvalue weighted by atomic mass is 10.0. The molecule has 4 N–H and O–H groups in total. The number of carbonyl (C=O) groups is 1. The zero-order valence-electron chi connectivity index (χ0n) is 10.9. The molecule has 1 aliphatic heterocycles. The van der Waals surface area contributed by atoms with Crippen LogP contribution in [0.1, 0.15) is 17.7 Å². The third-order valence-corrected chi connectivity index (χ3v) is 3.46. The van der Waals surface area contributed by atoms with Gasteiger partial charge in [0.2, 0.25) is 5.91 Å². The molecule has 0 bridgehead atoms. The van der Waals surface area contributed by atoms with Gasteiger partial charge in [0.1, 0.15) is 5.82 Å². The molecule has 1 aromatic heterocycles. The van der Waals surface area contributed by atoms with Crippen LogP contribution in [-0.4, -0.2) is 40.3 Å². The number of hydrogen-bond donors (Lipinski definition) is 3. The van der Waals surface area contributed by atoms with E-state index in [1.807, 2.05) is 17.9 Å². The second-order valence-electron chi connectivity index (χ2n) is 5.00. The van der Waals surface area contributed by atoms with Gasteiger partial charge in [0.25, 0.3) is 0 Å². The van der Waals surface area contributed by atoms with Crippen LogP contribution < -0.4 is 10.6 Å². The Morgan fingerprint density at radius 1 is 1.53 bits per heavy atom. The fourth-order valence-corrected chi connectivity index (χ4v) is 2.45. The smallest absolute Gasteiger partial charge is 0.217 e. The highest BCUT2D eigenvalue weighted by Gasteiger charge is 2.33. The Bertz CT molecular complexity index is 478. The second-order valence-corrected chi connectivity index (χ2v) is 5.00. The average Bonchev–Trinajstić information content (AvgIpc) is 2.70. The molecule has 0 radical (unpaired) electrons. The predicted molar refractivity (Wildman–Crippen MR) is 70.4 cm³/mol. The lowest BCUT2D eigenvalue weighted by Crippen LogP contribution is -2.24. The minimum absolute atomic E-state index is 0.117. The number of aliphatic hydroxyl groups excluding tert-OH is 2. The monoisotopic (exact) mass is 265 g/mol. The summed E-state index contributed by atoms with van der Waals surface area (Å²) < 4.78 is 0. The van der Waals surface area contributed by atoms with Crippen molar-refractivity contribution in [2.75, 3.05) is 18.0 Å². The second kappa shape index (κ2) is 5.54. The summed E-state index contributed by atoms with van der Waals surface area (Å²) in [5.41, 5.74) is 6.74. The zero-order chi connectivity index (χ0) is 14.0. The number of aromatic nitrogens is 1. The van der Waals surface area contributed by atoms with Crippen molar-refractivity contribution in [3.63, 3.8) is 0 Å². The Labute approximate surface area is 111 Å². The van der Waals surface area contributed by atoms with Crippen LogP contribution in [0.4, 0.5) is 5.82 Å². The molecule has 0 unspecified atom stereocenters. The van der Waals surface area contributed by atoms with Crippen LogP contribution in [0, 0.1) is 12.8 Å². The lowest BCUT2D eigenvalue weighted by Gasteiger charge is -2.19. The summed E-state index contributed by atoms with van der Waals surface area (Å²) in [4.78, 5) is 17.3. The van der Waals surface area contributed by atoms with Gasteiger partial charge in [-0.05, 0) is 18.6 Å². The quantitative estimate of drug-likeness (QED) is 0.685. The summed E-state index contributed by atoms with van der Waals surface area (Å²) in [6, 6.07) is 3.66. The van der Waals surface area contributed by atoms with Crippen LogP contribution in [0.25, 0.3) is 0 Å². The molecule has 1 amide bonds. The summed E-state index contributed by atoms with van der Waals surface area (Å²) >= 11 is 0. The third-order valence-electron chi connectivity index (χ3n) is 3.46. The number of anilines is 1. The standard InChI is InChI=1S/C13H19N3O3/c1-8-2-3-10(7-17)15-13(8)16-5-9(4-12(14)19)11(18)6-16/h2-3,9,11,17-18H,4-7H2,1H3,(H2,14,19)/t9-,11-/m1/s1. The van der Waals surface area contributed by atoms with Crippen molar-refractivity contribution in [1.82, 2.24) is 4.98 Å². The molecule has 104 valence electrons. The number of rotatable bonds is 4. The van der Waals surface area contributed by atoms with E-state index >= 15 is 0 Å². The first-order chi connectivity index (χ1) is 9.01. The van der Waals surface area contributed by atoms with E-state index in [0.717, 1.165) is 11.4 Å². The molecule has 2 heterocycles. The molecule has 0 aliphatic carbocycles. The molecule has 19 heavy (non-hydrogen) atoms. The number of aryl methyl sites for hydroxylation is 1. The van der Waals surface area contributed by atoms with E-state index in [1.165, 1.54) is 0 Å². The van der Waals surface area contributed by atoms with E-state index in [2.05, 4.69) is 4.98 Å². The molecule has 2 rings (SSSR count). The molecule has 1 aromatic rings. The topological polar surface area (TPSA) is 99.7 Å². The molecule has 1 aliphatic rings. The van der Waals surface area contributed by atoms with Crippen molar-refractivity contribution in [3.8, 4) is 0 Å². The van der Waals surface area contributed by atoms with Crippen LogP contribution in [-0.2, 0) is 11.4 Å². The van der Waals surface area contributed by atoms with E-state index in [4.69, 9.17) is 10.8 Å². The summed E-state index contributed by atoms with van der Waals surface area (Å²) in [5, 5.41) is 19.1. The number of aliphatic hydroxyl groups is 2. The summed E-state index contributed by atoms with van der Waals surface area (Å²) in [5.74, 6) is 0.189.